The van der Waals surface area contributed by atoms with Crippen molar-refractivity contribution in [1.82, 2.24) is 14.9 Å². The predicted octanol–water partition coefficient (Wildman–Crippen LogP) is 4.58. The van der Waals surface area contributed by atoms with Crippen LogP contribution in [-0.4, -0.2) is 29.2 Å². The van der Waals surface area contributed by atoms with Gasteiger partial charge in [-0.05, 0) is 49.2 Å². The zero-order chi connectivity index (χ0) is 18.3. The number of aryl methyl sites for hydroxylation is 1. The largest absolute Gasteiger partial charge is 0.340 e. The first kappa shape index (κ1) is 17.6. The van der Waals surface area contributed by atoms with E-state index < -0.39 is 0 Å². The molecule has 0 unspecified atom stereocenters. The Morgan fingerprint density at radius 3 is 2.04 bits per heavy atom. The number of imidazole rings is 1. The minimum Gasteiger partial charge on any atom is -0.340 e. The van der Waals surface area contributed by atoms with Gasteiger partial charge in [0, 0.05) is 36.9 Å². The van der Waals surface area contributed by atoms with Crippen LogP contribution in [0.5, 0.6) is 0 Å². The molecule has 0 fully saturated rings. The molecular formula is C23H26N4. The molecule has 0 aliphatic carbocycles. The predicted molar refractivity (Wildman–Crippen MR) is 113 cm³/mol. The third-order valence-electron chi connectivity index (χ3n) is 4.96. The van der Waals surface area contributed by atoms with Crippen molar-refractivity contribution in [1.29, 1.82) is 0 Å². The quantitative estimate of drug-likeness (QED) is 0.599. The Bertz CT molecular complexity index is 833. The Labute approximate surface area is 161 Å². The summed E-state index contributed by atoms with van der Waals surface area (Å²) in [6.45, 7) is 4.08. The number of benzene rings is 2. The smallest absolute Gasteiger partial charge is 0.0945 e. The van der Waals surface area contributed by atoms with Gasteiger partial charge >= 0.3 is 0 Å². The molecule has 3 aromatic rings. The molecule has 1 aliphatic rings. The average Bonchev–Trinajstić information content (AvgIpc) is 3.17. The average molecular weight is 358 g/mol. The first-order valence-corrected chi connectivity index (χ1v) is 9.72. The molecule has 4 nitrogen and oxygen atoms in total. The van der Waals surface area contributed by atoms with E-state index in [2.05, 4.69) is 80.5 Å². The number of anilines is 2. The highest BCUT2D eigenvalue weighted by molar-refractivity contribution is 5.88. The molecule has 2 heterocycles. The van der Waals surface area contributed by atoms with Crippen molar-refractivity contribution >= 4 is 23.5 Å². The van der Waals surface area contributed by atoms with Crippen LogP contribution in [0.15, 0.2) is 67.3 Å². The van der Waals surface area contributed by atoms with Crippen LogP contribution >= 0.6 is 0 Å². The van der Waals surface area contributed by atoms with Gasteiger partial charge in [-0.25, -0.2) is 4.98 Å². The highest BCUT2D eigenvalue weighted by Crippen LogP contribution is 2.35. The van der Waals surface area contributed by atoms with Crippen LogP contribution in [0.25, 0.3) is 12.2 Å². The Hall–Kier alpha value is -2.85. The summed E-state index contributed by atoms with van der Waals surface area (Å²) in [5.41, 5.74) is 5.14. The van der Waals surface area contributed by atoms with E-state index in [1.165, 1.54) is 22.5 Å². The lowest BCUT2D eigenvalue weighted by Crippen LogP contribution is -2.25. The Morgan fingerprint density at radius 2 is 1.41 bits per heavy atom. The maximum absolute atomic E-state index is 4.08. The van der Waals surface area contributed by atoms with E-state index in [-0.39, 0.29) is 0 Å². The zero-order valence-electron chi connectivity index (χ0n) is 15.6. The van der Waals surface area contributed by atoms with Crippen LogP contribution < -0.4 is 10.2 Å². The molecule has 4 rings (SSSR count). The Balaban J connectivity index is 1.33. The molecule has 27 heavy (non-hydrogen) atoms. The van der Waals surface area contributed by atoms with Gasteiger partial charge in [0.15, 0.2) is 0 Å². The molecule has 0 radical (unpaired) electrons. The van der Waals surface area contributed by atoms with Gasteiger partial charge in [0.2, 0.25) is 0 Å². The topological polar surface area (TPSA) is 33.1 Å². The van der Waals surface area contributed by atoms with Crippen molar-refractivity contribution in [2.24, 2.45) is 0 Å². The molecule has 1 N–H and O–H groups in total. The van der Waals surface area contributed by atoms with Gasteiger partial charge in [-0.3, -0.25) is 0 Å². The maximum Gasteiger partial charge on any atom is 0.0945 e. The highest BCUT2D eigenvalue weighted by atomic mass is 15.1. The SMILES string of the molecule is C1=Cc2ccccc2N(CCCNCCCn2ccnc2)c2ccccc21. The number of rotatable bonds is 8. The maximum atomic E-state index is 4.08. The number of hydrogen-bond donors (Lipinski definition) is 1. The Kier molecular flexibility index (Phi) is 5.65. The first-order chi connectivity index (χ1) is 13.4. The minimum absolute atomic E-state index is 1.00. The van der Waals surface area contributed by atoms with Gasteiger partial charge in [0.25, 0.3) is 0 Å². The van der Waals surface area contributed by atoms with Gasteiger partial charge in [-0.1, -0.05) is 48.6 Å². The standard InChI is InChI=1S/C23H26N4/c1-3-9-22-20(7-1)11-12-21-8-2-4-10-23(21)27(22)17-6-14-24-13-5-16-26-18-15-25-19-26/h1-4,7-12,15,18-19,24H,5-6,13-14,16-17H2. The lowest BCUT2D eigenvalue weighted by Gasteiger charge is -2.27. The molecule has 0 spiro atoms. The molecule has 0 saturated heterocycles. The van der Waals surface area contributed by atoms with Gasteiger partial charge < -0.3 is 14.8 Å². The second kappa shape index (κ2) is 8.69. The van der Waals surface area contributed by atoms with Crippen LogP contribution in [0.1, 0.15) is 24.0 Å². The third kappa shape index (κ3) is 4.29. The molecule has 0 amide bonds. The first-order valence-electron chi connectivity index (χ1n) is 9.72. The molecule has 0 atom stereocenters. The summed E-state index contributed by atoms with van der Waals surface area (Å²) >= 11 is 0. The number of nitrogens with one attached hydrogen (secondary N) is 1. The van der Waals surface area contributed by atoms with Gasteiger partial charge in [0.1, 0.15) is 0 Å². The molecule has 1 aromatic heterocycles. The Morgan fingerprint density at radius 1 is 0.778 bits per heavy atom. The highest BCUT2D eigenvalue weighted by Gasteiger charge is 2.16. The molecule has 1 aliphatic heterocycles. The van der Waals surface area contributed by atoms with Crippen LogP contribution in [-0.2, 0) is 6.54 Å². The van der Waals surface area contributed by atoms with Crippen LogP contribution in [0, 0.1) is 0 Å². The van der Waals surface area contributed by atoms with Crippen molar-refractivity contribution in [2.45, 2.75) is 19.4 Å². The van der Waals surface area contributed by atoms with Crippen molar-refractivity contribution in [3.8, 4) is 0 Å². The number of aromatic nitrogens is 2. The summed E-state index contributed by atoms with van der Waals surface area (Å²) in [5, 5.41) is 3.57. The number of fused-ring (bicyclic) bond motifs is 2. The fourth-order valence-electron chi connectivity index (χ4n) is 3.59. The van der Waals surface area contributed by atoms with E-state index in [0.29, 0.717) is 0 Å². The van der Waals surface area contributed by atoms with Crippen LogP contribution in [0.2, 0.25) is 0 Å². The van der Waals surface area contributed by atoms with E-state index in [9.17, 15) is 0 Å². The summed E-state index contributed by atoms with van der Waals surface area (Å²) < 4.78 is 2.12. The van der Waals surface area contributed by atoms with Crippen LogP contribution in [0.3, 0.4) is 0 Å². The summed E-state index contributed by atoms with van der Waals surface area (Å²) in [4.78, 5) is 6.53. The van der Waals surface area contributed by atoms with Crippen molar-refractivity contribution < 1.29 is 0 Å². The summed E-state index contributed by atoms with van der Waals surface area (Å²) in [6, 6.07) is 17.3. The van der Waals surface area contributed by atoms with Gasteiger partial charge in [-0.15, -0.1) is 0 Å². The van der Waals surface area contributed by atoms with Gasteiger partial charge in [0.05, 0.1) is 6.33 Å². The number of para-hydroxylation sites is 2. The zero-order valence-corrected chi connectivity index (χ0v) is 15.6. The van der Waals surface area contributed by atoms with E-state index >= 15 is 0 Å². The van der Waals surface area contributed by atoms with Crippen molar-refractivity contribution in [3.63, 3.8) is 0 Å². The lowest BCUT2D eigenvalue weighted by atomic mass is 10.1. The summed E-state index contributed by atoms with van der Waals surface area (Å²) in [5.74, 6) is 0. The van der Waals surface area contributed by atoms with Crippen LogP contribution in [0.4, 0.5) is 11.4 Å². The van der Waals surface area contributed by atoms with Crippen molar-refractivity contribution in [2.75, 3.05) is 24.5 Å². The molecule has 4 heteroatoms. The monoisotopic (exact) mass is 358 g/mol. The normalized spacial score (nSPS) is 12.5. The summed E-state index contributed by atoms with van der Waals surface area (Å²) in [6.07, 6.45) is 12.4. The number of nitrogens with zero attached hydrogens (tertiary/aromatic N) is 3. The lowest BCUT2D eigenvalue weighted by molar-refractivity contribution is 0.572. The van der Waals surface area contributed by atoms with E-state index in [0.717, 1.165) is 39.0 Å². The van der Waals surface area contributed by atoms with E-state index in [1.807, 2.05) is 18.7 Å². The molecule has 0 bridgehead atoms. The second-order valence-electron chi connectivity index (χ2n) is 6.86. The van der Waals surface area contributed by atoms with E-state index in [1.54, 1.807) is 0 Å². The molecule has 0 saturated carbocycles. The summed E-state index contributed by atoms with van der Waals surface area (Å²) in [7, 11) is 0. The molecule has 2 aromatic carbocycles. The van der Waals surface area contributed by atoms with Gasteiger partial charge in [-0.2, -0.15) is 0 Å². The molecular weight excluding hydrogens is 332 g/mol. The fourth-order valence-corrected chi connectivity index (χ4v) is 3.59. The third-order valence-corrected chi connectivity index (χ3v) is 4.96. The number of hydrogen-bond acceptors (Lipinski definition) is 3. The van der Waals surface area contributed by atoms with E-state index in [4.69, 9.17) is 0 Å². The molecule has 138 valence electrons. The minimum atomic E-state index is 1.00. The van der Waals surface area contributed by atoms with Crippen molar-refractivity contribution in [3.05, 3.63) is 78.4 Å². The second-order valence-corrected chi connectivity index (χ2v) is 6.86. The fraction of sp³-hybridized carbons (Fsp3) is 0.261.